The number of piperidine rings is 1. The molecule has 1 rings (SSSR count). The zero-order valence-corrected chi connectivity index (χ0v) is 8.25. The number of nitrogens with one attached hydrogen (secondary N) is 1. The Kier molecular flexibility index (Phi) is 4.18. The van der Waals surface area contributed by atoms with Crippen molar-refractivity contribution in [3.63, 3.8) is 0 Å². The van der Waals surface area contributed by atoms with E-state index in [1.807, 2.05) is 6.92 Å². The highest BCUT2D eigenvalue weighted by atomic mass is 16.2. The number of rotatable bonds is 3. The van der Waals surface area contributed by atoms with Crippen LogP contribution in [0.2, 0.25) is 0 Å². The molecule has 1 heterocycles. The van der Waals surface area contributed by atoms with Crippen molar-refractivity contribution >= 4 is 5.91 Å². The molecule has 1 atom stereocenters. The van der Waals surface area contributed by atoms with Crippen LogP contribution in [0.3, 0.4) is 0 Å². The summed E-state index contributed by atoms with van der Waals surface area (Å²) in [5, 5.41) is 0. The molecule has 0 aromatic carbocycles. The Morgan fingerprint density at radius 3 is 2.54 bits per heavy atom. The minimum Gasteiger partial charge on any atom is -0.293 e. The van der Waals surface area contributed by atoms with Crippen molar-refractivity contribution in [3.05, 3.63) is 0 Å². The van der Waals surface area contributed by atoms with Crippen LogP contribution in [-0.2, 0) is 4.79 Å². The van der Waals surface area contributed by atoms with Gasteiger partial charge in [0.1, 0.15) is 0 Å². The van der Waals surface area contributed by atoms with Gasteiger partial charge in [-0.3, -0.25) is 15.1 Å². The molecule has 1 fully saturated rings. The van der Waals surface area contributed by atoms with Gasteiger partial charge in [-0.15, -0.1) is 0 Å². The summed E-state index contributed by atoms with van der Waals surface area (Å²) in [6, 6.07) is -0.0229. The third-order valence-electron chi connectivity index (χ3n) is 2.66. The number of hydrazine groups is 1. The molecule has 1 saturated heterocycles. The van der Waals surface area contributed by atoms with Crippen LogP contribution in [0.15, 0.2) is 0 Å². The largest absolute Gasteiger partial charge is 0.293 e. The molecule has 0 aromatic rings. The molecule has 4 nitrogen and oxygen atoms in total. The van der Waals surface area contributed by atoms with Crippen LogP contribution in [0.5, 0.6) is 0 Å². The second-order valence-corrected chi connectivity index (χ2v) is 3.53. The third kappa shape index (κ3) is 2.67. The van der Waals surface area contributed by atoms with Gasteiger partial charge in [0, 0.05) is 0 Å². The van der Waals surface area contributed by atoms with Gasteiger partial charge in [-0.2, -0.15) is 0 Å². The molecule has 0 aliphatic carbocycles. The Hall–Kier alpha value is -0.610. The Balaban J connectivity index is 2.48. The monoisotopic (exact) mass is 185 g/mol. The summed E-state index contributed by atoms with van der Waals surface area (Å²) in [5.74, 6) is 5.08. The van der Waals surface area contributed by atoms with Gasteiger partial charge in [-0.25, -0.2) is 5.84 Å². The SMILES string of the molecule is CC[C@@H](C(=O)NN)N1CCCCC1. The number of nitrogens with zero attached hydrogens (tertiary/aromatic N) is 1. The van der Waals surface area contributed by atoms with Crippen LogP contribution in [0.4, 0.5) is 0 Å². The van der Waals surface area contributed by atoms with Crippen LogP contribution < -0.4 is 11.3 Å². The average molecular weight is 185 g/mol. The van der Waals surface area contributed by atoms with E-state index in [4.69, 9.17) is 5.84 Å². The van der Waals surface area contributed by atoms with E-state index in [-0.39, 0.29) is 11.9 Å². The van der Waals surface area contributed by atoms with Crippen molar-refractivity contribution in [1.29, 1.82) is 0 Å². The van der Waals surface area contributed by atoms with Crippen molar-refractivity contribution in [2.75, 3.05) is 13.1 Å². The summed E-state index contributed by atoms with van der Waals surface area (Å²) >= 11 is 0. The van der Waals surface area contributed by atoms with Crippen LogP contribution in [-0.4, -0.2) is 29.9 Å². The summed E-state index contributed by atoms with van der Waals surface area (Å²) < 4.78 is 0. The molecule has 0 saturated carbocycles. The van der Waals surface area contributed by atoms with Crippen molar-refractivity contribution in [3.8, 4) is 0 Å². The standard InChI is InChI=1S/C9H19N3O/c1-2-8(9(13)11-10)12-6-4-3-5-7-12/h8H,2-7,10H2,1H3,(H,11,13)/t8-/m0/s1. The minimum atomic E-state index is -0.0515. The maximum absolute atomic E-state index is 11.4. The van der Waals surface area contributed by atoms with E-state index in [1.165, 1.54) is 19.3 Å². The van der Waals surface area contributed by atoms with Crippen molar-refractivity contribution in [2.24, 2.45) is 5.84 Å². The number of amides is 1. The smallest absolute Gasteiger partial charge is 0.251 e. The molecule has 1 amide bonds. The number of nitrogens with two attached hydrogens (primary N) is 1. The lowest BCUT2D eigenvalue weighted by atomic mass is 10.1. The van der Waals surface area contributed by atoms with Crippen LogP contribution in [0, 0.1) is 0 Å². The van der Waals surface area contributed by atoms with Crippen molar-refractivity contribution < 1.29 is 4.79 Å². The zero-order chi connectivity index (χ0) is 9.68. The number of carbonyl (C=O) groups is 1. The van der Waals surface area contributed by atoms with Crippen molar-refractivity contribution in [1.82, 2.24) is 10.3 Å². The third-order valence-corrected chi connectivity index (χ3v) is 2.66. The van der Waals surface area contributed by atoms with Gasteiger partial charge in [-0.1, -0.05) is 13.3 Å². The molecule has 1 aliphatic heterocycles. The highest BCUT2D eigenvalue weighted by Gasteiger charge is 2.24. The summed E-state index contributed by atoms with van der Waals surface area (Å²) in [5.41, 5.74) is 2.23. The Morgan fingerprint density at radius 1 is 1.46 bits per heavy atom. The molecular weight excluding hydrogens is 166 g/mol. The summed E-state index contributed by atoms with van der Waals surface area (Å²) in [7, 11) is 0. The fraction of sp³-hybridized carbons (Fsp3) is 0.889. The molecule has 0 bridgehead atoms. The van der Waals surface area contributed by atoms with Crippen LogP contribution >= 0.6 is 0 Å². The molecule has 0 radical (unpaired) electrons. The molecule has 76 valence electrons. The number of hydrogen-bond acceptors (Lipinski definition) is 3. The maximum Gasteiger partial charge on any atom is 0.251 e. The van der Waals surface area contributed by atoms with Gasteiger partial charge in [0.05, 0.1) is 6.04 Å². The maximum atomic E-state index is 11.4. The van der Waals surface area contributed by atoms with Gasteiger partial charge in [0.15, 0.2) is 0 Å². The lowest BCUT2D eigenvalue weighted by molar-refractivity contribution is -0.127. The summed E-state index contributed by atoms with van der Waals surface area (Å²) in [6.45, 7) is 4.09. The minimum absolute atomic E-state index is 0.0229. The lowest BCUT2D eigenvalue weighted by Crippen LogP contribution is -2.50. The molecule has 0 aromatic heterocycles. The number of likely N-dealkylation sites (tertiary alicyclic amines) is 1. The second kappa shape index (κ2) is 5.19. The Morgan fingerprint density at radius 2 is 2.08 bits per heavy atom. The predicted molar refractivity (Wildman–Crippen MR) is 51.8 cm³/mol. The van der Waals surface area contributed by atoms with Crippen LogP contribution in [0.1, 0.15) is 32.6 Å². The van der Waals surface area contributed by atoms with Gasteiger partial charge >= 0.3 is 0 Å². The normalized spacial score (nSPS) is 21.1. The topological polar surface area (TPSA) is 58.4 Å². The van der Waals surface area contributed by atoms with E-state index in [0.717, 1.165) is 19.5 Å². The average Bonchev–Trinajstić information content (AvgIpc) is 2.20. The van der Waals surface area contributed by atoms with E-state index in [0.29, 0.717) is 0 Å². The zero-order valence-electron chi connectivity index (χ0n) is 8.25. The first kappa shape index (κ1) is 10.5. The molecule has 13 heavy (non-hydrogen) atoms. The number of carbonyl (C=O) groups excluding carboxylic acids is 1. The lowest BCUT2D eigenvalue weighted by Gasteiger charge is -2.32. The Labute approximate surface area is 79.4 Å². The molecule has 3 N–H and O–H groups in total. The van der Waals surface area contributed by atoms with Gasteiger partial charge < -0.3 is 0 Å². The predicted octanol–water partition coefficient (Wildman–Crippen LogP) is 0.241. The first-order valence-corrected chi connectivity index (χ1v) is 5.04. The number of hydrogen-bond donors (Lipinski definition) is 2. The van der Waals surface area contributed by atoms with E-state index in [9.17, 15) is 4.79 Å². The van der Waals surface area contributed by atoms with E-state index in [1.54, 1.807) is 0 Å². The highest BCUT2D eigenvalue weighted by molar-refractivity contribution is 5.81. The first-order chi connectivity index (χ1) is 6.29. The summed E-state index contributed by atoms with van der Waals surface area (Å²) in [6.07, 6.45) is 4.53. The molecule has 0 unspecified atom stereocenters. The van der Waals surface area contributed by atoms with Gasteiger partial charge in [0.25, 0.3) is 5.91 Å². The van der Waals surface area contributed by atoms with Crippen molar-refractivity contribution in [2.45, 2.75) is 38.6 Å². The molecule has 0 spiro atoms. The van der Waals surface area contributed by atoms with E-state index < -0.39 is 0 Å². The molecular formula is C9H19N3O. The fourth-order valence-corrected chi connectivity index (χ4v) is 1.94. The quantitative estimate of drug-likeness (QED) is 0.376. The molecule has 1 aliphatic rings. The highest BCUT2D eigenvalue weighted by Crippen LogP contribution is 2.13. The summed E-state index contributed by atoms with van der Waals surface area (Å²) in [4.78, 5) is 13.6. The van der Waals surface area contributed by atoms with Gasteiger partial charge in [0.2, 0.25) is 0 Å². The van der Waals surface area contributed by atoms with Crippen LogP contribution in [0.25, 0.3) is 0 Å². The molecule has 4 heteroatoms. The Bertz CT molecular complexity index is 166. The second-order valence-electron chi connectivity index (χ2n) is 3.53. The first-order valence-electron chi connectivity index (χ1n) is 5.04. The van der Waals surface area contributed by atoms with Gasteiger partial charge in [-0.05, 0) is 32.4 Å². The van der Waals surface area contributed by atoms with E-state index in [2.05, 4.69) is 10.3 Å². The fourth-order valence-electron chi connectivity index (χ4n) is 1.94. The van der Waals surface area contributed by atoms with E-state index >= 15 is 0 Å².